The van der Waals surface area contributed by atoms with Crippen LogP contribution in [0.3, 0.4) is 0 Å². The molecule has 17 heavy (non-hydrogen) atoms. The molecule has 6 nitrogen and oxygen atoms in total. The first-order valence-electron chi connectivity index (χ1n) is 5.47. The highest BCUT2D eigenvalue weighted by atomic mass is 16.4. The highest BCUT2D eigenvalue weighted by Gasteiger charge is 2.30. The molecule has 1 atom stereocenters. The van der Waals surface area contributed by atoms with Gasteiger partial charge in [0.2, 0.25) is 0 Å². The number of hydrogen-bond acceptors (Lipinski definition) is 4. The first-order valence-corrected chi connectivity index (χ1v) is 5.47. The van der Waals surface area contributed by atoms with Crippen LogP contribution < -0.4 is 5.32 Å². The third-order valence-electron chi connectivity index (χ3n) is 2.72. The predicted molar refractivity (Wildman–Crippen MR) is 58.3 cm³/mol. The molecule has 0 saturated heterocycles. The van der Waals surface area contributed by atoms with Gasteiger partial charge in [0.1, 0.15) is 6.04 Å². The molecule has 0 aromatic carbocycles. The summed E-state index contributed by atoms with van der Waals surface area (Å²) < 4.78 is 0. The number of carbonyl (C=O) groups is 2. The predicted octanol–water partition coefficient (Wildman–Crippen LogP) is 0.460. The van der Waals surface area contributed by atoms with Crippen LogP contribution in [0.15, 0.2) is 18.5 Å². The molecule has 2 N–H and O–H groups in total. The molecule has 1 aromatic rings. The topological polar surface area (TPSA) is 92.2 Å². The molecule has 1 aromatic heterocycles. The van der Waals surface area contributed by atoms with Crippen LogP contribution in [0.4, 0.5) is 0 Å². The van der Waals surface area contributed by atoms with Gasteiger partial charge in [0.15, 0.2) is 0 Å². The number of rotatable bonds is 5. The first-order chi connectivity index (χ1) is 8.16. The van der Waals surface area contributed by atoms with Gasteiger partial charge in [-0.05, 0) is 18.4 Å². The Balaban J connectivity index is 1.97. The molecule has 1 amide bonds. The SMILES string of the molecule is O=C(NC(CC1CC1)C(=O)O)c1ccnnc1. The number of carboxylic acids is 1. The number of nitrogens with zero attached hydrogens (tertiary/aromatic N) is 2. The molecular formula is C11H13N3O3. The van der Waals surface area contributed by atoms with Crippen molar-refractivity contribution >= 4 is 11.9 Å². The van der Waals surface area contributed by atoms with Crippen LogP contribution in [0.1, 0.15) is 29.6 Å². The molecule has 1 aliphatic rings. The lowest BCUT2D eigenvalue weighted by atomic mass is 10.1. The molecule has 1 saturated carbocycles. The molecule has 0 bridgehead atoms. The van der Waals surface area contributed by atoms with Crippen molar-refractivity contribution in [2.24, 2.45) is 5.92 Å². The fourth-order valence-electron chi connectivity index (χ4n) is 1.57. The average molecular weight is 235 g/mol. The maximum atomic E-state index is 11.7. The van der Waals surface area contributed by atoms with Gasteiger partial charge < -0.3 is 10.4 Å². The standard InChI is InChI=1S/C11H13N3O3/c15-10(8-3-4-12-13-6-8)14-9(11(16)17)5-7-1-2-7/h3-4,6-7,9H,1-2,5H2,(H,14,15)(H,16,17). The van der Waals surface area contributed by atoms with Crippen LogP contribution in [0.2, 0.25) is 0 Å². The van der Waals surface area contributed by atoms with Gasteiger partial charge in [-0.15, -0.1) is 0 Å². The summed E-state index contributed by atoms with van der Waals surface area (Å²) in [6.45, 7) is 0. The van der Waals surface area contributed by atoms with Crippen molar-refractivity contribution in [1.82, 2.24) is 15.5 Å². The summed E-state index contributed by atoms with van der Waals surface area (Å²) in [4.78, 5) is 22.7. The lowest BCUT2D eigenvalue weighted by Gasteiger charge is -2.13. The number of carboxylic acid groups (broad SMARTS) is 1. The Hall–Kier alpha value is -1.98. The largest absolute Gasteiger partial charge is 0.480 e. The van der Waals surface area contributed by atoms with Crippen LogP contribution in [0.25, 0.3) is 0 Å². The van der Waals surface area contributed by atoms with Crippen LogP contribution in [0, 0.1) is 5.92 Å². The highest BCUT2D eigenvalue weighted by molar-refractivity contribution is 5.96. The Bertz CT molecular complexity index is 417. The molecule has 0 spiro atoms. The summed E-state index contributed by atoms with van der Waals surface area (Å²) in [7, 11) is 0. The molecule has 1 heterocycles. The van der Waals surface area contributed by atoms with E-state index < -0.39 is 17.9 Å². The fourth-order valence-corrected chi connectivity index (χ4v) is 1.57. The van der Waals surface area contributed by atoms with Crippen LogP contribution in [0.5, 0.6) is 0 Å². The number of carbonyl (C=O) groups excluding carboxylic acids is 1. The third-order valence-corrected chi connectivity index (χ3v) is 2.72. The van der Waals surface area contributed by atoms with Crippen molar-refractivity contribution in [3.63, 3.8) is 0 Å². The Morgan fingerprint density at radius 3 is 2.76 bits per heavy atom. The summed E-state index contributed by atoms with van der Waals surface area (Å²) in [6.07, 6.45) is 5.31. The van der Waals surface area contributed by atoms with Crippen LogP contribution in [-0.4, -0.2) is 33.2 Å². The van der Waals surface area contributed by atoms with Gasteiger partial charge in [0.05, 0.1) is 18.0 Å². The van der Waals surface area contributed by atoms with Gasteiger partial charge in [-0.25, -0.2) is 4.79 Å². The zero-order valence-electron chi connectivity index (χ0n) is 9.17. The Kier molecular flexibility index (Phi) is 3.32. The molecule has 0 radical (unpaired) electrons. The van der Waals surface area contributed by atoms with Gasteiger partial charge >= 0.3 is 5.97 Å². The number of nitrogens with one attached hydrogen (secondary N) is 1. The van der Waals surface area contributed by atoms with E-state index in [-0.39, 0.29) is 0 Å². The van der Waals surface area contributed by atoms with Gasteiger partial charge in [-0.2, -0.15) is 10.2 Å². The van der Waals surface area contributed by atoms with E-state index in [9.17, 15) is 9.59 Å². The summed E-state index contributed by atoms with van der Waals surface area (Å²) in [5, 5.41) is 18.6. The van der Waals surface area contributed by atoms with Gasteiger partial charge in [-0.3, -0.25) is 4.79 Å². The monoisotopic (exact) mass is 235 g/mol. The average Bonchev–Trinajstić information content (AvgIpc) is 3.13. The summed E-state index contributed by atoms with van der Waals surface area (Å²) >= 11 is 0. The first kappa shape index (κ1) is 11.5. The normalized spacial score (nSPS) is 16.2. The summed E-state index contributed by atoms with van der Waals surface area (Å²) in [5.74, 6) is -0.979. The fraction of sp³-hybridized carbons (Fsp3) is 0.455. The molecule has 2 rings (SSSR count). The van der Waals surface area contributed by atoms with E-state index in [1.807, 2.05) is 0 Å². The smallest absolute Gasteiger partial charge is 0.326 e. The van der Waals surface area contributed by atoms with E-state index in [1.165, 1.54) is 18.5 Å². The molecular weight excluding hydrogens is 222 g/mol. The van der Waals surface area contributed by atoms with Crippen molar-refractivity contribution in [2.45, 2.75) is 25.3 Å². The van der Waals surface area contributed by atoms with Gasteiger partial charge in [0.25, 0.3) is 5.91 Å². The highest BCUT2D eigenvalue weighted by Crippen LogP contribution is 2.33. The molecule has 1 unspecified atom stereocenters. The molecule has 1 fully saturated rings. The third kappa shape index (κ3) is 3.24. The van der Waals surface area contributed by atoms with E-state index >= 15 is 0 Å². The molecule has 90 valence electrons. The molecule has 6 heteroatoms. The zero-order chi connectivity index (χ0) is 12.3. The minimum Gasteiger partial charge on any atom is -0.480 e. The second kappa shape index (κ2) is 4.90. The van der Waals surface area contributed by atoms with E-state index in [4.69, 9.17) is 5.11 Å². The summed E-state index contributed by atoms with van der Waals surface area (Å²) in [6, 6.07) is 0.682. The lowest BCUT2D eigenvalue weighted by molar-refractivity contribution is -0.139. The number of hydrogen-bond donors (Lipinski definition) is 2. The van der Waals surface area contributed by atoms with Crippen LogP contribution >= 0.6 is 0 Å². The van der Waals surface area contributed by atoms with Gasteiger partial charge in [0, 0.05) is 0 Å². The van der Waals surface area contributed by atoms with Crippen molar-refractivity contribution in [3.05, 3.63) is 24.0 Å². The Morgan fingerprint density at radius 1 is 1.47 bits per heavy atom. The van der Waals surface area contributed by atoms with Crippen LogP contribution in [-0.2, 0) is 4.79 Å². The van der Waals surface area contributed by atoms with E-state index in [0.717, 1.165) is 12.8 Å². The van der Waals surface area contributed by atoms with Gasteiger partial charge in [-0.1, -0.05) is 12.8 Å². The Labute approximate surface area is 98.1 Å². The summed E-state index contributed by atoms with van der Waals surface area (Å²) in [5.41, 5.74) is 0.321. The Morgan fingerprint density at radius 2 is 2.24 bits per heavy atom. The second-order valence-corrected chi connectivity index (χ2v) is 4.17. The quantitative estimate of drug-likeness (QED) is 0.773. The minimum absolute atomic E-state index is 0.321. The van der Waals surface area contributed by atoms with E-state index in [2.05, 4.69) is 15.5 Å². The van der Waals surface area contributed by atoms with Crippen molar-refractivity contribution in [1.29, 1.82) is 0 Å². The maximum absolute atomic E-state index is 11.7. The van der Waals surface area contributed by atoms with Crippen molar-refractivity contribution in [3.8, 4) is 0 Å². The van der Waals surface area contributed by atoms with Crippen molar-refractivity contribution < 1.29 is 14.7 Å². The number of amides is 1. The van der Waals surface area contributed by atoms with E-state index in [0.29, 0.717) is 17.9 Å². The maximum Gasteiger partial charge on any atom is 0.326 e. The minimum atomic E-state index is -0.993. The molecule has 0 aliphatic heterocycles. The number of aromatic nitrogens is 2. The lowest BCUT2D eigenvalue weighted by Crippen LogP contribution is -2.41. The number of aliphatic carboxylic acids is 1. The van der Waals surface area contributed by atoms with Crippen molar-refractivity contribution in [2.75, 3.05) is 0 Å². The van der Waals surface area contributed by atoms with E-state index in [1.54, 1.807) is 0 Å². The molecule has 1 aliphatic carbocycles. The zero-order valence-corrected chi connectivity index (χ0v) is 9.17. The second-order valence-electron chi connectivity index (χ2n) is 4.17.